The zero-order valence-electron chi connectivity index (χ0n) is 11.8. The molecule has 0 spiro atoms. The summed E-state index contributed by atoms with van der Waals surface area (Å²) >= 11 is 5.04. The van der Waals surface area contributed by atoms with E-state index in [1.54, 1.807) is 0 Å². The van der Waals surface area contributed by atoms with E-state index >= 15 is 0 Å². The van der Waals surface area contributed by atoms with Gasteiger partial charge in [0.1, 0.15) is 0 Å². The first-order valence-electron chi connectivity index (χ1n) is 7.77. The summed E-state index contributed by atoms with van der Waals surface area (Å²) in [7, 11) is 0. The summed E-state index contributed by atoms with van der Waals surface area (Å²) in [6.45, 7) is 0.481. The van der Waals surface area contributed by atoms with E-state index < -0.39 is 0 Å². The average molecular weight is 282 g/mol. The Morgan fingerprint density at radius 3 is 2.05 bits per heavy atom. The number of nitrogens with zero attached hydrogens (tertiary/aromatic N) is 1. The third-order valence-electron chi connectivity index (χ3n) is 4.58. The lowest BCUT2D eigenvalue weighted by molar-refractivity contribution is -0.137. The van der Waals surface area contributed by atoms with E-state index in [0.717, 1.165) is 25.7 Å². The second kappa shape index (κ2) is 7.22. The molecule has 2 rings (SSSR count). The molecular weight excluding hydrogens is 256 g/mol. The fourth-order valence-corrected chi connectivity index (χ4v) is 3.67. The smallest absolute Gasteiger partial charge is 0.226 e. The minimum Gasteiger partial charge on any atom is -0.392 e. The molecule has 3 nitrogen and oxygen atoms in total. The minimum atomic E-state index is 0.220. The fourth-order valence-electron chi connectivity index (χ4n) is 3.53. The second-order valence-electron chi connectivity index (χ2n) is 6.06. The molecule has 108 valence electrons. The van der Waals surface area contributed by atoms with Crippen LogP contribution in [-0.2, 0) is 4.79 Å². The van der Waals surface area contributed by atoms with Crippen LogP contribution in [0.4, 0.5) is 0 Å². The topological polar surface area (TPSA) is 46.3 Å². The number of hydrogen-bond donors (Lipinski definition) is 1. The third kappa shape index (κ3) is 4.16. The molecule has 0 bridgehead atoms. The Morgan fingerprint density at radius 2 is 1.53 bits per heavy atom. The Hall–Kier alpha value is -0.640. The van der Waals surface area contributed by atoms with E-state index in [1.807, 2.05) is 4.90 Å². The maximum Gasteiger partial charge on any atom is 0.226 e. The summed E-state index contributed by atoms with van der Waals surface area (Å²) in [6, 6.07) is 0.386. The molecule has 2 aliphatic carbocycles. The van der Waals surface area contributed by atoms with E-state index in [4.69, 9.17) is 18.0 Å². The molecule has 2 fully saturated rings. The lowest BCUT2D eigenvalue weighted by Gasteiger charge is -2.32. The molecule has 19 heavy (non-hydrogen) atoms. The van der Waals surface area contributed by atoms with Crippen LogP contribution in [-0.4, -0.2) is 28.4 Å². The highest BCUT2D eigenvalue weighted by Crippen LogP contribution is 2.29. The number of carbonyl (C=O) groups is 1. The summed E-state index contributed by atoms with van der Waals surface area (Å²) in [5, 5.41) is 0. The van der Waals surface area contributed by atoms with Crippen LogP contribution in [0.25, 0.3) is 0 Å². The Kier molecular flexibility index (Phi) is 5.61. The first-order valence-corrected chi connectivity index (χ1v) is 8.18. The highest BCUT2D eigenvalue weighted by Gasteiger charge is 2.31. The van der Waals surface area contributed by atoms with Crippen LogP contribution >= 0.6 is 12.2 Å². The van der Waals surface area contributed by atoms with E-state index in [0.29, 0.717) is 23.5 Å². The van der Waals surface area contributed by atoms with Gasteiger partial charge in [0.05, 0.1) is 11.5 Å². The number of carbonyl (C=O) groups excluding carboxylic acids is 1. The first-order chi connectivity index (χ1) is 9.18. The highest BCUT2D eigenvalue weighted by molar-refractivity contribution is 7.80. The molecule has 0 aromatic carbocycles. The van der Waals surface area contributed by atoms with Crippen molar-refractivity contribution in [3.8, 4) is 0 Å². The van der Waals surface area contributed by atoms with Crippen LogP contribution < -0.4 is 5.73 Å². The van der Waals surface area contributed by atoms with Crippen molar-refractivity contribution >= 4 is 23.1 Å². The van der Waals surface area contributed by atoms with E-state index in [9.17, 15) is 4.79 Å². The second-order valence-corrected chi connectivity index (χ2v) is 6.58. The summed E-state index contributed by atoms with van der Waals surface area (Å²) in [6.07, 6.45) is 11.8. The predicted molar refractivity (Wildman–Crippen MR) is 81.9 cm³/mol. The fraction of sp³-hybridized carbons (Fsp3) is 0.867. The Morgan fingerprint density at radius 1 is 1.00 bits per heavy atom. The van der Waals surface area contributed by atoms with Crippen LogP contribution in [0.3, 0.4) is 0 Å². The monoisotopic (exact) mass is 282 g/mol. The van der Waals surface area contributed by atoms with Crippen molar-refractivity contribution in [3.63, 3.8) is 0 Å². The van der Waals surface area contributed by atoms with Gasteiger partial charge in [-0.3, -0.25) is 4.79 Å². The van der Waals surface area contributed by atoms with Gasteiger partial charge >= 0.3 is 0 Å². The molecule has 0 aromatic heterocycles. The molecule has 0 aliphatic heterocycles. The highest BCUT2D eigenvalue weighted by atomic mass is 32.1. The molecular formula is C15H26N2OS. The van der Waals surface area contributed by atoms with Gasteiger partial charge < -0.3 is 10.6 Å². The van der Waals surface area contributed by atoms with E-state index in [1.165, 1.54) is 38.5 Å². The number of rotatable bonds is 4. The van der Waals surface area contributed by atoms with Crippen LogP contribution in [0, 0.1) is 5.92 Å². The van der Waals surface area contributed by atoms with Crippen molar-refractivity contribution in [2.75, 3.05) is 6.54 Å². The predicted octanol–water partition coefficient (Wildman–Crippen LogP) is 3.01. The summed E-state index contributed by atoms with van der Waals surface area (Å²) in [5.74, 6) is 0.541. The van der Waals surface area contributed by atoms with Crippen molar-refractivity contribution in [1.82, 2.24) is 4.90 Å². The van der Waals surface area contributed by atoms with Gasteiger partial charge in [-0.1, -0.05) is 50.7 Å². The SMILES string of the molecule is NC(=S)CN(C(=O)C1CCCCCC1)C1CCCC1. The van der Waals surface area contributed by atoms with Crippen molar-refractivity contribution in [2.24, 2.45) is 11.7 Å². The van der Waals surface area contributed by atoms with Crippen molar-refractivity contribution in [3.05, 3.63) is 0 Å². The number of nitrogens with two attached hydrogens (primary N) is 1. The van der Waals surface area contributed by atoms with E-state index in [-0.39, 0.29) is 5.92 Å². The van der Waals surface area contributed by atoms with Crippen LogP contribution in [0.15, 0.2) is 0 Å². The molecule has 0 unspecified atom stereocenters. The minimum absolute atomic E-state index is 0.220. The quantitative estimate of drug-likeness (QED) is 0.637. The molecule has 2 saturated carbocycles. The summed E-state index contributed by atoms with van der Waals surface area (Å²) < 4.78 is 0. The molecule has 4 heteroatoms. The molecule has 0 atom stereocenters. The maximum atomic E-state index is 12.8. The van der Waals surface area contributed by atoms with Gasteiger partial charge in [0.25, 0.3) is 0 Å². The largest absolute Gasteiger partial charge is 0.392 e. The summed E-state index contributed by atoms with van der Waals surface area (Å²) in [5.41, 5.74) is 5.70. The van der Waals surface area contributed by atoms with Crippen molar-refractivity contribution < 1.29 is 4.79 Å². The molecule has 0 saturated heterocycles. The lowest BCUT2D eigenvalue weighted by Crippen LogP contribution is -2.46. The standard InChI is InChI=1S/C15H26N2OS/c16-14(19)11-17(13-9-5-6-10-13)15(18)12-7-3-1-2-4-8-12/h12-13H,1-11H2,(H2,16,19). The third-order valence-corrected chi connectivity index (χ3v) is 4.71. The van der Waals surface area contributed by atoms with E-state index in [2.05, 4.69) is 0 Å². The zero-order valence-corrected chi connectivity index (χ0v) is 12.6. The van der Waals surface area contributed by atoms with Gasteiger partial charge in [0.15, 0.2) is 0 Å². The Labute approximate surface area is 121 Å². The molecule has 0 aromatic rings. The molecule has 2 aliphatic rings. The average Bonchev–Trinajstić information content (AvgIpc) is 2.77. The molecule has 2 N–H and O–H groups in total. The maximum absolute atomic E-state index is 12.8. The van der Waals surface area contributed by atoms with Crippen LogP contribution in [0.1, 0.15) is 64.2 Å². The molecule has 0 radical (unpaired) electrons. The zero-order chi connectivity index (χ0) is 13.7. The lowest BCUT2D eigenvalue weighted by atomic mass is 9.97. The normalized spacial score (nSPS) is 22.1. The number of amides is 1. The number of hydrogen-bond acceptors (Lipinski definition) is 2. The van der Waals surface area contributed by atoms with Gasteiger partial charge in [-0.05, 0) is 25.7 Å². The van der Waals surface area contributed by atoms with Gasteiger partial charge in [-0.25, -0.2) is 0 Å². The molecule has 0 heterocycles. The first kappa shape index (κ1) is 14.8. The molecule has 1 amide bonds. The van der Waals surface area contributed by atoms with Gasteiger partial charge in [-0.15, -0.1) is 0 Å². The Balaban J connectivity index is 2.02. The number of thiocarbonyl (C=S) groups is 1. The van der Waals surface area contributed by atoms with Crippen LogP contribution in [0.5, 0.6) is 0 Å². The van der Waals surface area contributed by atoms with Crippen molar-refractivity contribution in [2.45, 2.75) is 70.3 Å². The van der Waals surface area contributed by atoms with Gasteiger partial charge in [0, 0.05) is 12.0 Å². The summed E-state index contributed by atoms with van der Waals surface area (Å²) in [4.78, 5) is 15.2. The van der Waals surface area contributed by atoms with Crippen molar-refractivity contribution in [1.29, 1.82) is 0 Å². The van der Waals surface area contributed by atoms with Gasteiger partial charge in [0.2, 0.25) is 5.91 Å². The Bertz CT molecular complexity index is 318. The van der Waals surface area contributed by atoms with Crippen LogP contribution in [0.2, 0.25) is 0 Å². The van der Waals surface area contributed by atoms with Gasteiger partial charge in [-0.2, -0.15) is 0 Å².